The van der Waals surface area contributed by atoms with E-state index in [4.69, 9.17) is 9.84 Å². The van der Waals surface area contributed by atoms with Gasteiger partial charge >= 0.3 is 5.97 Å². The summed E-state index contributed by atoms with van der Waals surface area (Å²) in [4.78, 5) is 15.2. The minimum atomic E-state index is -0.911. The van der Waals surface area contributed by atoms with E-state index in [0.717, 1.165) is 22.9 Å². The first-order valence-electron chi connectivity index (χ1n) is 5.03. The van der Waals surface area contributed by atoms with Crippen LogP contribution >= 0.6 is 11.8 Å². The van der Waals surface area contributed by atoms with Crippen LogP contribution in [0.3, 0.4) is 0 Å². The Morgan fingerprint density at radius 3 is 2.88 bits per heavy atom. The van der Waals surface area contributed by atoms with Gasteiger partial charge in [0, 0.05) is 18.6 Å². The third kappa shape index (κ3) is 3.83. The number of aromatic carboxylic acids is 1. The van der Waals surface area contributed by atoms with Crippen molar-refractivity contribution in [2.24, 2.45) is 0 Å². The Kier molecular flexibility index (Phi) is 5.28. The molecule has 5 heteroatoms. The molecule has 88 valence electrons. The SMILES string of the molecule is CCc1cc(C(=O)O)cc(SCCOC)n1. The number of rotatable bonds is 6. The van der Waals surface area contributed by atoms with Crippen molar-refractivity contribution in [3.8, 4) is 0 Å². The number of methoxy groups -OCH3 is 1. The zero-order valence-corrected chi connectivity index (χ0v) is 10.2. The largest absolute Gasteiger partial charge is 0.478 e. The lowest BCUT2D eigenvalue weighted by atomic mass is 10.2. The van der Waals surface area contributed by atoms with Crippen LogP contribution in [0, 0.1) is 0 Å². The molecule has 0 aromatic carbocycles. The maximum absolute atomic E-state index is 10.9. The van der Waals surface area contributed by atoms with Crippen molar-refractivity contribution in [2.45, 2.75) is 18.4 Å². The molecule has 16 heavy (non-hydrogen) atoms. The van der Waals surface area contributed by atoms with Crippen LogP contribution in [-0.2, 0) is 11.2 Å². The van der Waals surface area contributed by atoms with Gasteiger partial charge in [-0.05, 0) is 18.6 Å². The molecule has 0 aliphatic heterocycles. The van der Waals surface area contributed by atoms with Gasteiger partial charge in [0.2, 0.25) is 0 Å². The summed E-state index contributed by atoms with van der Waals surface area (Å²) in [6, 6.07) is 3.21. The number of carboxylic acids is 1. The van der Waals surface area contributed by atoms with E-state index in [1.807, 2.05) is 6.92 Å². The van der Waals surface area contributed by atoms with Crippen LogP contribution < -0.4 is 0 Å². The van der Waals surface area contributed by atoms with Crippen molar-refractivity contribution in [1.82, 2.24) is 4.98 Å². The molecule has 0 amide bonds. The van der Waals surface area contributed by atoms with Gasteiger partial charge < -0.3 is 9.84 Å². The molecule has 0 radical (unpaired) electrons. The van der Waals surface area contributed by atoms with E-state index in [-0.39, 0.29) is 0 Å². The number of ether oxygens (including phenoxy) is 1. The standard InChI is InChI=1S/C11H15NO3S/c1-3-9-6-8(11(13)14)7-10(12-9)16-5-4-15-2/h6-7H,3-5H2,1-2H3,(H,13,14). The van der Waals surface area contributed by atoms with E-state index >= 15 is 0 Å². The number of hydrogen-bond donors (Lipinski definition) is 1. The minimum Gasteiger partial charge on any atom is -0.478 e. The molecule has 1 aromatic heterocycles. The predicted molar refractivity (Wildman–Crippen MR) is 63.2 cm³/mol. The molecule has 4 nitrogen and oxygen atoms in total. The molecular weight excluding hydrogens is 226 g/mol. The van der Waals surface area contributed by atoms with Crippen molar-refractivity contribution in [3.05, 3.63) is 23.4 Å². The average Bonchev–Trinajstić information content (AvgIpc) is 2.29. The van der Waals surface area contributed by atoms with Gasteiger partial charge in [-0.3, -0.25) is 0 Å². The number of pyridine rings is 1. The van der Waals surface area contributed by atoms with Crippen LogP contribution in [-0.4, -0.2) is 35.5 Å². The summed E-state index contributed by atoms with van der Waals surface area (Å²) in [5.74, 6) is -0.138. The second kappa shape index (κ2) is 6.50. The van der Waals surface area contributed by atoms with Gasteiger partial charge in [-0.1, -0.05) is 6.92 Å². The highest BCUT2D eigenvalue weighted by molar-refractivity contribution is 7.99. The number of hydrogen-bond acceptors (Lipinski definition) is 4. The maximum atomic E-state index is 10.9. The number of nitrogens with zero attached hydrogens (tertiary/aromatic N) is 1. The normalized spacial score (nSPS) is 10.4. The van der Waals surface area contributed by atoms with Crippen molar-refractivity contribution in [3.63, 3.8) is 0 Å². The molecule has 0 bridgehead atoms. The number of carboxylic acid groups (broad SMARTS) is 1. The molecule has 1 N–H and O–H groups in total. The predicted octanol–water partition coefficient (Wildman–Crippen LogP) is 2.08. The highest BCUT2D eigenvalue weighted by atomic mass is 32.2. The Bertz CT molecular complexity index is 368. The summed E-state index contributed by atoms with van der Waals surface area (Å²) in [6.07, 6.45) is 0.735. The molecule has 1 heterocycles. The smallest absolute Gasteiger partial charge is 0.335 e. The van der Waals surface area contributed by atoms with E-state index in [9.17, 15) is 4.79 Å². The summed E-state index contributed by atoms with van der Waals surface area (Å²) < 4.78 is 4.93. The molecule has 0 atom stereocenters. The molecule has 0 unspecified atom stereocenters. The number of aryl methyl sites for hydroxylation is 1. The fraction of sp³-hybridized carbons (Fsp3) is 0.455. The maximum Gasteiger partial charge on any atom is 0.335 e. The van der Waals surface area contributed by atoms with Crippen LogP contribution in [0.4, 0.5) is 0 Å². The third-order valence-corrected chi connectivity index (χ3v) is 2.88. The highest BCUT2D eigenvalue weighted by Gasteiger charge is 2.07. The highest BCUT2D eigenvalue weighted by Crippen LogP contribution is 2.18. The first-order chi connectivity index (χ1) is 7.67. The minimum absolute atomic E-state index is 0.298. The van der Waals surface area contributed by atoms with Crippen molar-refractivity contribution in [1.29, 1.82) is 0 Å². The van der Waals surface area contributed by atoms with Crippen LogP contribution in [0.5, 0.6) is 0 Å². The number of thioether (sulfide) groups is 1. The van der Waals surface area contributed by atoms with E-state index in [2.05, 4.69) is 4.98 Å². The summed E-state index contributed by atoms with van der Waals surface area (Å²) in [5, 5.41) is 9.68. The molecule has 0 saturated carbocycles. The molecule has 0 spiro atoms. The fourth-order valence-corrected chi connectivity index (χ4v) is 2.02. The zero-order valence-electron chi connectivity index (χ0n) is 9.40. The van der Waals surface area contributed by atoms with Gasteiger partial charge in [0.15, 0.2) is 0 Å². The molecular formula is C11H15NO3S. The van der Waals surface area contributed by atoms with Gasteiger partial charge in [0.05, 0.1) is 17.2 Å². The van der Waals surface area contributed by atoms with Crippen molar-refractivity contribution < 1.29 is 14.6 Å². The summed E-state index contributed by atoms with van der Waals surface area (Å²) in [5.41, 5.74) is 1.10. The topological polar surface area (TPSA) is 59.4 Å². The van der Waals surface area contributed by atoms with Gasteiger partial charge in [0.25, 0.3) is 0 Å². The molecule has 0 saturated heterocycles. The number of carbonyl (C=O) groups is 1. The van der Waals surface area contributed by atoms with Gasteiger partial charge in [-0.2, -0.15) is 0 Å². The summed E-state index contributed by atoms with van der Waals surface area (Å²) in [7, 11) is 1.64. The Morgan fingerprint density at radius 1 is 1.56 bits per heavy atom. The Hall–Kier alpha value is -1.07. The molecule has 1 aromatic rings. The summed E-state index contributed by atoms with van der Waals surface area (Å²) >= 11 is 1.51. The first kappa shape index (κ1) is 13.0. The molecule has 0 fully saturated rings. The second-order valence-corrected chi connectivity index (χ2v) is 4.30. The van der Waals surface area contributed by atoms with Crippen LogP contribution in [0.15, 0.2) is 17.2 Å². The van der Waals surface area contributed by atoms with E-state index in [1.165, 1.54) is 11.8 Å². The average molecular weight is 241 g/mol. The van der Waals surface area contributed by atoms with E-state index in [0.29, 0.717) is 12.2 Å². The Balaban J connectivity index is 2.82. The molecule has 0 aliphatic carbocycles. The van der Waals surface area contributed by atoms with Crippen LogP contribution in [0.25, 0.3) is 0 Å². The van der Waals surface area contributed by atoms with Crippen molar-refractivity contribution in [2.75, 3.05) is 19.5 Å². The first-order valence-corrected chi connectivity index (χ1v) is 6.02. The fourth-order valence-electron chi connectivity index (χ4n) is 1.17. The Labute approximate surface area is 99.0 Å². The molecule has 1 rings (SSSR count). The lowest BCUT2D eigenvalue weighted by molar-refractivity contribution is 0.0696. The van der Waals surface area contributed by atoms with Gasteiger partial charge in [-0.15, -0.1) is 11.8 Å². The number of aromatic nitrogens is 1. The Morgan fingerprint density at radius 2 is 2.31 bits per heavy atom. The zero-order chi connectivity index (χ0) is 12.0. The third-order valence-electron chi connectivity index (χ3n) is 2.00. The molecule has 0 aliphatic rings. The summed E-state index contributed by atoms with van der Waals surface area (Å²) in [6.45, 7) is 2.59. The quantitative estimate of drug-likeness (QED) is 0.610. The van der Waals surface area contributed by atoms with Crippen LogP contribution in [0.2, 0.25) is 0 Å². The van der Waals surface area contributed by atoms with E-state index in [1.54, 1.807) is 19.2 Å². The van der Waals surface area contributed by atoms with Gasteiger partial charge in [-0.25, -0.2) is 9.78 Å². The van der Waals surface area contributed by atoms with Crippen molar-refractivity contribution >= 4 is 17.7 Å². The van der Waals surface area contributed by atoms with E-state index < -0.39 is 5.97 Å². The lowest BCUT2D eigenvalue weighted by Crippen LogP contribution is -2.01. The van der Waals surface area contributed by atoms with Crippen LogP contribution in [0.1, 0.15) is 23.0 Å². The lowest BCUT2D eigenvalue weighted by Gasteiger charge is -2.05. The van der Waals surface area contributed by atoms with Gasteiger partial charge in [0.1, 0.15) is 0 Å². The monoisotopic (exact) mass is 241 g/mol. The second-order valence-electron chi connectivity index (χ2n) is 3.19.